The highest BCUT2D eigenvalue weighted by Gasteiger charge is 1.90. The second kappa shape index (κ2) is 10.9. The molecule has 0 rings (SSSR count). The van der Waals surface area contributed by atoms with Crippen LogP contribution in [0.3, 0.4) is 0 Å². The smallest absolute Gasteiger partial charge is 0.0657 e. The van der Waals surface area contributed by atoms with Gasteiger partial charge < -0.3 is 0 Å². The maximum atomic E-state index is 4.50. The van der Waals surface area contributed by atoms with Gasteiger partial charge in [-0.1, -0.05) is 55.2 Å². The maximum absolute atomic E-state index is 4.50. The van der Waals surface area contributed by atoms with Gasteiger partial charge in [0.1, 0.15) is 0 Å². The van der Waals surface area contributed by atoms with Crippen molar-refractivity contribution in [1.82, 2.24) is 0 Å². The van der Waals surface area contributed by atoms with Crippen molar-refractivity contribution in [2.45, 2.75) is 33.2 Å². The van der Waals surface area contributed by atoms with Crippen LogP contribution in [0.25, 0.3) is 0 Å². The molecule has 1 heteroatoms. The normalized spacial score (nSPS) is 15.6. The molecule has 1 nitrogen and oxygen atoms in total. The summed E-state index contributed by atoms with van der Waals surface area (Å²) in [7, 11) is 0. The van der Waals surface area contributed by atoms with E-state index in [0.717, 1.165) is 12.1 Å². The molecule has 0 aliphatic carbocycles. The van der Waals surface area contributed by atoms with Gasteiger partial charge in [-0.25, -0.2) is 0 Å². The van der Waals surface area contributed by atoms with Crippen molar-refractivity contribution in [2.75, 3.05) is 0 Å². The molecule has 0 fully saturated rings. The molecule has 0 aliphatic rings. The van der Waals surface area contributed by atoms with Crippen LogP contribution < -0.4 is 0 Å². The molecular formula is C16H23N. The minimum absolute atomic E-state index is 0.222. The zero-order valence-corrected chi connectivity index (χ0v) is 11.1. The van der Waals surface area contributed by atoms with E-state index in [1.54, 1.807) is 6.08 Å². The molecule has 0 heterocycles. The van der Waals surface area contributed by atoms with E-state index in [4.69, 9.17) is 0 Å². The average molecular weight is 229 g/mol. The molecule has 1 unspecified atom stereocenters. The number of allylic oxidation sites excluding steroid dienone is 8. The molecule has 0 aromatic heterocycles. The Balaban J connectivity index is 4.03. The fourth-order valence-electron chi connectivity index (χ4n) is 1.28. The highest BCUT2D eigenvalue weighted by Crippen LogP contribution is 1.96. The number of rotatable bonds is 7. The monoisotopic (exact) mass is 229 g/mol. The Hall–Kier alpha value is -1.63. The van der Waals surface area contributed by atoms with Crippen molar-refractivity contribution in [3.8, 4) is 0 Å². The van der Waals surface area contributed by atoms with Crippen LogP contribution in [0, 0.1) is 0 Å². The van der Waals surface area contributed by atoms with Crippen molar-refractivity contribution in [3.63, 3.8) is 0 Å². The summed E-state index contributed by atoms with van der Waals surface area (Å²) in [6.45, 7) is 9.71. The molecule has 0 amide bonds. The van der Waals surface area contributed by atoms with Crippen LogP contribution in [0.1, 0.15) is 27.2 Å². The zero-order valence-electron chi connectivity index (χ0n) is 11.1. The van der Waals surface area contributed by atoms with E-state index in [1.807, 2.05) is 44.2 Å². The number of hydrogen-bond donors (Lipinski definition) is 0. The maximum Gasteiger partial charge on any atom is 0.0657 e. The Morgan fingerprint density at radius 1 is 1.24 bits per heavy atom. The topological polar surface area (TPSA) is 12.4 Å². The molecule has 0 aromatic rings. The quantitative estimate of drug-likeness (QED) is 0.445. The van der Waals surface area contributed by atoms with Crippen LogP contribution in [0.15, 0.2) is 66.3 Å². The van der Waals surface area contributed by atoms with Crippen LogP contribution in [0.2, 0.25) is 0 Å². The van der Waals surface area contributed by atoms with Gasteiger partial charge >= 0.3 is 0 Å². The Morgan fingerprint density at radius 2 is 1.94 bits per heavy atom. The van der Waals surface area contributed by atoms with Crippen molar-refractivity contribution in [1.29, 1.82) is 0 Å². The van der Waals surface area contributed by atoms with Crippen LogP contribution in [0.5, 0.6) is 0 Å². The Kier molecular flexibility index (Phi) is 9.83. The Morgan fingerprint density at radius 3 is 2.59 bits per heavy atom. The number of nitrogens with zero attached hydrogens (tertiary/aromatic N) is 1. The van der Waals surface area contributed by atoms with Crippen LogP contribution in [-0.2, 0) is 0 Å². The van der Waals surface area contributed by atoms with E-state index in [0.29, 0.717) is 0 Å². The minimum Gasteiger partial charge on any atom is -0.283 e. The lowest BCUT2D eigenvalue weighted by Crippen LogP contribution is -1.96. The van der Waals surface area contributed by atoms with E-state index in [1.165, 1.54) is 0 Å². The largest absolute Gasteiger partial charge is 0.283 e. The first-order chi connectivity index (χ1) is 8.20. The third-order valence-electron chi connectivity index (χ3n) is 2.00. The first kappa shape index (κ1) is 15.4. The van der Waals surface area contributed by atoms with Gasteiger partial charge in [0.25, 0.3) is 0 Å². The summed E-state index contributed by atoms with van der Waals surface area (Å²) in [5, 5.41) is 0. The molecule has 0 N–H and O–H groups in total. The number of hydrogen-bond acceptors (Lipinski definition) is 1. The van der Waals surface area contributed by atoms with Gasteiger partial charge in [0.05, 0.1) is 6.04 Å². The summed E-state index contributed by atoms with van der Waals surface area (Å²) in [6, 6.07) is 0.222. The van der Waals surface area contributed by atoms with Gasteiger partial charge in [-0.2, -0.15) is 0 Å². The minimum atomic E-state index is 0.222. The number of aliphatic imine (C=N–C) groups is 1. The lowest BCUT2D eigenvalue weighted by molar-refractivity contribution is 0.926. The molecule has 0 aliphatic heterocycles. The predicted molar refractivity (Wildman–Crippen MR) is 79.6 cm³/mol. The van der Waals surface area contributed by atoms with Gasteiger partial charge in [-0.15, -0.1) is 0 Å². The fourth-order valence-corrected chi connectivity index (χ4v) is 1.28. The second-order valence-electron chi connectivity index (χ2n) is 3.72. The van der Waals surface area contributed by atoms with E-state index in [2.05, 4.69) is 36.7 Å². The average Bonchev–Trinajstić information content (AvgIpc) is 2.28. The van der Waals surface area contributed by atoms with Gasteiger partial charge in [0.2, 0.25) is 0 Å². The van der Waals surface area contributed by atoms with Crippen molar-refractivity contribution < 1.29 is 0 Å². The Labute approximate surface area is 106 Å². The SMILES string of the molecule is C=C/C=C/C/C=C\C=C/C(C)/N=C(C)/C=C\C. The van der Waals surface area contributed by atoms with Crippen LogP contribution in [0.4, 0.5) is 0 Å². The zero-order chi connectivity index (χ0) is 12.9. The van der Waals surface area contributed by atoms with E-state index >= 15 is 0 Å². The highest BCUT2D eigenvalue weighted by molar-refractivity contribution is 5.92. The predicted octanol–water partition coefficient (Wildman–Crippen LogP) is 4.66. The van der Waals surface area contributed by atoms with Crippen molar-refractivity contribution >= 4 is 5.71 Å². The molecule has 0 saturated carbocycles. The van der Waals surface area contributed by atoms with E-state index < -0.39 is 0 Å². The fraction of sp³-hybridized carbons (Fsp3) is 0.312. The summed E-state index contributed by atoms with van der Waals surface area (Å²) in [4.78, 5) is 4.50. The summed E-state index contributed by atoms with van der Waals surface area (Å²) in [6.07, 6.45) is 19.0. The second-order valence-corrected chi connectivity index (χ2v) is 3.72. The molecule has 0 aromatic carbocycles. The lowest BCUT2D eigenvalue weighted by atomic mass is 10.2. The first-order valence-electron chi connectivity index (χ1n) is 5.98. The molecule has 92 valence electrons. The van der Waals surface area contributed by atoms with Gasteiger partial charge in [-0.05, 0) is 33.3 Å². The highest BCUT2D eigenvalue weighted by atomic mass is 14.8. The molecular weight excluding hydrogens is 206 g/mol. The molecule has 17 heavy (non-hydrogen) atoms. The lowest BCUT2D eigenvalue weighted by Gasteiger charge is -1.99. The molecule has 0 radical (unpaired) electrons. The molecule has 1 atom stereocenters. The van der Waals surface area contributed by atoms with E-state index in [9.17, 15) is 0 Å². The third-order valence-corrected chi connectivity index (χ3v) is 2.00. The first-order valence-corrected chi connectivity index (χ1v) is 5.98. The summed E-state index contributed by atoms with van der Waals surface area (Å²) in [5.74, 6) is 0. The summed E-state index contributed by atoms with van der Waals surface area (Å²) >= 11 is 0. The van der Waals surface area contributed by atoms with Crippen molar-refractivity contribution in [3.05, 3.63) is 61.3 Å². The van der Waals surface area contributed by atoms with Crippen LogP contribution >= 0.6 is 0 Å². The van der Waals surface area contributed by atoms with Crippen LogP contribution in [-0.4, -0.2) is 11.8 Å². The van der Waals surface area contributed by atoms with Gasteiger partial charge in [0.15, 0.2) is 0 Å². The van der Waals surface area contributed by atoms with E-state index in [-0.39, 0.29) is 6.04 Å². The third kappa shape index (κ3) is 10.6. The molecule has 0 saturated heterocycles. The molecule has 0 spiro atoms. The summed E-state index contributed by atoms with van der Waals surface area (Å²) < 4.78 is 0. The van der Waals surface area contributed by atoms with Gasteiger partial charge in [0, 0.05) is 5.71 Å². The standard InChI is InChI=1S/C16H23N/c1-5-7-8-9-10-11-12-14-16(4)17-15(3)13-6-2/h5-8,10-14,16H,1,9H2,2-4H3/b8-7+,11-10-,13-6-,14-12-,17-15+. The van der Waals surface area contributed by atoms with Crippen molar-refractivity contribution in [2.24, 2.45) is 4.99 Å². The summed E-state index contributed by atoms with van der Waals surface area (Å²) in [5.41, 5.74) is 1.06. The van der Waals surface area contributed by atoms with Gasteiger partial charge in [-0.3, -0.25) is 4.99 Å². The molecule has 0 bridgehead atoms. The Bertz CT molecular complexity index is 341.